The first kappa shape index (κ1) is 24.8. The monoisotopic (exact) mass is 461 g/mol. The molecule has 1 atom stereocenters. The summed E-state index contributed by atoms with van der Waals surface area (Å²) in [6.07, 6.45) is 1.18. The predicted octanol–water partition coefficient (Wildman–Crippen LogP) is 4.67. The third-order valence-electron chi connectivity index (χ3n) is 5.48. The Morgan fingerprint density at radius 1 is 0.765 bits per heavy atom. The number of aryl methyl sites for hydroxylation is 2. The minimum Gasteiger partial charge on any atom is -0.493 e. The molecule has 0 heterocycles. The molecule has 0 radical (unpaired) electrons. The van der Waals surface area contributed by atoms with Gasteiger partial charge in [-0.05, 0) is 41.7 Å². The lowest BCUT2D eigenvalue weighted by Crippen LogP contribution is -2.30. The second-order valence-electron chi connectivity index (χ2n) is 7.87. The van der Waals surface area contributed by atoms with Crippen LogP contribution < -0.4 is 14.8 Å². The zero-order valence-corrected chi connectivity index (χ0v) is 19.7. The van der Waals surface area contributed by atoms with Crippen molar-refractivity contribution in [1.29, 1.82) is 0 Å². The van der Waals surface area contributed by atoms with Gasteiger partial charge in [0.2, 0.25) is 5.91 Å². The molecule has 1 unspecified atom stereocenters. The number of hydrogen-bond donors (Lipinski definition) is 1. The van der Waals surface area contributed by atoms with Gasteiger partial charge in [0.05, 0.1) is 20.8 Å². The van der Waals surface area contributed by atoms with Gasteiger partial charge < -0.3 is 19.5 Å². The summed E-state index contributed by atoms with van der Waals surface area (Å²) in [5.74, 6) is 0.671. The van der Waals surface area contributed by atoms with Crippen LogP contribution in [0.15, 0.2) is 78.9 Å². The van der Waals surface area contributed by atoms with Gasteiger partial charge >= 0.3 is 5.97 Å². The van der Waals surface area contributed by atoms with Crippen molar-refractivity contribution in [2.75, 3.05) is 20.8 Å². The van der Waals surface area contributed by atoms with E-state index in [4.69, 9.17) is 14.2 Å². The fourth-order valence-corrected chi connectivity index (χ4v) is 3.59. The Hall–Kier alpha value is -3.80. The number of benzene rings is 3. The maximum absolute atomic E-state index is 12.6. The Morgan fingerprint density at radius 3 is 1.94 bits per heavy atom. The molecule has 0 saturated carbocycles. The number of rotatable bonds is 12. The molecule has 0 bridgehead atoms. The second-order valence-corrected chi connectivity index (χ2v) is 7.87. The van der Waals surface area contributed by atoms with E-state index >= 15 is 0 Å². The number of carbonyl (C=O) groups excluding carboxylic acids is 2. The molecule has 0 aliphatic heterocycles. The SMILES string of the molecule is COc1ccc(C(CNC(=O)CCc2ccccc2)OC(=O)CCc2ccccc2)cc1OC. The van der Waals surface area contributed by atoms with Crippen molar-refractivity contribution in [2.24, 2.45) is 0 Å². The third-order valence-corrected chi connectivity index (χ3v) is 5.48. The lowest BCUT2D eigenvalue weighted by Gasteiger charge is -2.20. The van der Waals surface area contributed by atoms with Crippen LogP contribution in [0.4, 0.5) is 0 Å². The van der Waals surface area contributed by atoms with Crippen molar-refractivity contribution in [3.63, 3.8) is 0 Å². The number of amides is 1. The quantitative estimate of drug-likeness (QED) is 0.397. The van der Waals surface area contributed by atoms with E-state index in [2.05, 4.69) is 5.32 Å². The summed E-state index contributed by atoms with van der Waals surface area (Å²) in [4.78, 5) is 25.1. The Kier molecular flexibility index (Phi) is 9.52. The Morgan fingerprint density at radius 2 is 1.35 bits per heavy atom. The highest BCUT2D eigenvalue weighted by atomic mass is 16.5. The van der Waals surface area contributed by atoms with E-state index in [0.29, 0.717) is 36.3 Å². The first-order valence-corrected chi connectivity index (χ1v) is 11.3. The summed E-state index contributed by atoms with van der Waals surface area (Å²) in [7, 11) is 3.11. The van der Waals surface area contributed by atoms with Gasteiger partial charge in [0, 0.05) is 12.8 Å². The van der Waals surface area contributed by atoms with Gasteiger partial charge in [0.1, 0.15) is 6.10 Å². The van der Waals surface area contributed by atoms with Gasteiger partial charge in [0.25, 0.3) is 0 Å². The Labute approximate surface area is 200 Å². The van der Waals surface area contributed by atoms with Crippen molar-refractivity contribution in [2.45, 2.75) is 31.8 Å². The molecule has 3 rings (SSSR count). The molecule has 0 aliphatic carbocycles. The molecule has 34 heavy (non-hydrogen) atoms. The lowest BCUT2D eigenvalue weighted by atomic mass is 10.1. The van der Waals surface area contributed by atoms with Crippen molar-refractivity contribution >= 4 is 11.9 Å². The maximum Gasteiger partial charge on any atom is 0.306 e. The highest BCUT2D eigenvalue weighted by Gasteiger charge is 2.20. The molecule has 6 nitrogen and oxygen atoms in total. The summed E-state index contributed by atoms with van der Waals surface area (Å²) in [5.41, 5.74) is 2.88. The molecule has 0 spiro atoms. The molecule has 0 aromatic heterocycles. The number of esters is 1. The minimum atomic E-state index is -0.649. The molecule has 0 fully saturated rings. The summed E-state index contributed by atoms with van der Waals surface area (Å²) >= 11 is 0. The molecular formula is C28H31NO5. The molecule has 0 saturated heterocycles. The summed E-state index contributed by atoms with van der Waals surface area (Å²) < 4.78 is 16.5. The highest BCUT2D eigenvalue weighted by Crippen LogP contribution is 2.31. The van der Waals surface area contributed by atoms with Crippen molar-refractivity contribution < 1.29 is 23.8 Å². The fraction of sp³-hybridized carbons (Fsp3) is 0.286. The van der Waals surface area contributed by atoms with Gasteiger partial charge in [-0.3, -0.25) is 9.59 Å². The van der Waals surface area contributed by atoms with Gasteiger partial charge in [-0.1, -0.05) is 66.7 Å². The maximum atomic E-state index is 12.6. The third kappa shape index (κ3) is 7.66. The fourth-order valence-electron chi connectivity index (χ4n) is 3.59. The Bertz CT molecular complexity index is 1050. The largest absolute Gasteiger partial charge is 0.493 e. The standard InChI is InChI=1S/C28H31NO5/c1-32-24-16-15-23(19-25(24)33-2)26(34-28(31)18-14-22-11-7-4-8-12-22)20-29-27(30)17-13-21-9-5-3-6-10-21/h3-12,15-16,19,26H,13-14,17-18,20H2,1-2H3,(H,29,30). The van der Waals surface area contributed by atoms with Gasteiger partial charge in [-0.2, -0.15) is 0 Å². The average Bonchev–Trinajstić information content (AvgIpc) is 2.89. The molecular weight excluding hydrogens is 430 g/mol. The lowest BCUT2D eigenvalue weighted by molar-refractivity contribution is -0.149. The molecule has 3 aromatic carbocycles. The first-order valence-electron chi connectivity index (χ1n) is 11.3. The van der Waals surface area contributed by atoms with E-state index in [-0.39, 0.29) is 24.8 Å². The van der Waals surface area contributed by atoms with Crippen LogP contribution in [-0.4, -0.2) is 32.6 Å². The molecule has 0 aliphatic rings. The van der Waals surface area contributed by atoms with E-state index in [1.54, 1.807) is 26.4 Å². The summed E-state index contributed by atoms with van der Waals surface area (Å²) in [6, 6.07) is 25.0. The number of hydrogen-bond acceptors (Lipinski definition) is 5. The number of carbonyl (C=O) groups is 2. The van der Waals surface area contributed by atoms with Crippen LogP contribution >= 0.6 is 0 Å². The van der Waals surface area contributed by atoms with Crippen LogP contribution in [0.2, 0.25) is 0 Å². The molecule has 6 heteroatoms. The van der Waals surface area contributed by atoms with Crippen molar-refractivity contribution in [3.8, 4) is 11.5 Å². The van der Waals surface area contributed by atoms with Gasteiger partial charge in [-0.25, -0.2) is 0 Å². The first-order chi connectivity index (χ1) is 16.6. The zero-order chi connectivity index (χ0) is 24.2. The van der Waals surface area contributed by atoms with Crippen LogP contribution in [0.1, 0.15) is 35.6 Å². The minimum absolute atomic E-state index is 0.102. The highest BCUT2D eigenvalue weighted by molar-refractivity contribution is 5.76. The van der Waals surface area contributed by atoms with E-state index in [1.165, 1.54) is 0 Å². The Balaban J connectivity index is 1.64. The predicted molar refractivity (Wildman–Crippen MR) is 131 cm³/mol. The molecule has 1 amide bonds. The van der Waals surface area contributed by atoms with Crippen LogP contribution in [0, 0.1) is 0 Å². The van der Waals surface area contributed by atoms with Crippen LogP contribution in [0.3, 0.4) is 0 Å². The summed E-state index contributed by atoms with van der Waals surface area (Å²) in [6.45, 7) is 0.167. The zero-order valence-electron chi connectivity index (χ0n) is 19.7. The van der Waals surface area contributed by atoms with Gasteiger partial charge in [0.15, 0.2) is 11.5 Å². The molecule has 1 N–H and O–H groups in total. The normalized spacial score (nSPS) is 11.4. The topological polar surface area (TPSA) is 73.9 Å². The number of ether oxygens (including phenoxy) is 3. The second kappa shape index (κ2) is 13.0. The average molecular weight is 462 g/mol. The van der Waals surface area contributed by atoms with E-state index in [0.717, 1.165) is 11.1 Å². The smallest absolute Gasteiger partial charge is 0.306 e. The van der Waals surface area contributed by atoms with E-state index < -0.39 is 6.10 Å². The van der Waals surface area contributed by atoms with Gasteiger partial charge in [-0.15, -0.1) is 0 Å². The van der Waals surface area contributed by atoms with Crippen molar-refractivity contribution in [3.05, 3.63) is 95.6 Å². The van der Waals surface area contributed by atoms with Crippen LogP contribution in [0.25, 0.3) is 0 Å². The molecule has 178 valence electrons. The van der Waals surface area contributed by atoms with E-state index in [1.807, 2.05) is 66.7 Å². The van der Waals surface area contributed by atoms with Crippen LogP contribution in [0.5, 0.6) is 11.5 Å². The van der Waals surface area contributed by atoms with Crippen LogP contribution in [-0.2, 0) is 27.2 Å². The molecule has 3 aromatic rings. The number of methoxy groups -OCH3 is 2. The van der Waals surface area contributed by atoms with E-state index in [9.17, 15) is 9.59 Å². The number of nitrogens with one attached hydrogen (secondary N) is 1. The summed E-state index contributed by atoms with van der Waals surface area (Å²) in [5, 5.41) is 2.91. The van der Waals surface area contributed by atoms with Crippen molar-refractivity contribution in [1.82, 2.24) is 5.32 Å².